The Balaban J connectivity index is 1.79. The fraction of sp³-hybridized carbons (Fsp3) is 0.533. The number of carbonyl (C=O) groups is 1. The van der Waals surface area contributed by atoms with Crippen molar-refractivity contribution in [3.8, 4) is 0 Å². The Morgan fingerprint density at radius 2 is 1.77 bits per heavy atom. The van der Waals surface area contributed by atoms with E-state index in [9.17, 15) is 13.2 Å². The molecule has 1 fully saturated rings. The maximum absolute atomic E-state index is 12.1. The van der Waals surface area contributed by atoms with Crippen LogP contribution < -0.4 is 5.32 Å². The molecule has 0 aliphatic carbocycles. The lowest BCUT2D eigenvalue weighted by Crippen LogP contribution is -2.53. The number of hydrogen-bond acceptors (Lipinski definition) is 3. The van der Waals surface area contributed by atoms with Crippen LogP contribution in [0.15, 0.2) is 30.3 Å². The summed E-state index contributed by atoms with van der Waals surface area (Å²) in [5.74, 6) is 0.238. The molecule has 1 aromatic carbocycles. The van der Waals surface area contributed by atoms with Gasteiger partial charge in [-0.15, -0.1) is 0 Å². The molecular formula is C15H23N3O3S. The molecule has 122 valence electrons. The van der Waals surface area contributed by atoms with E-state index in [0.29, 0.717) is 32.7 Å². The molecule has 6 nitrogen and oxygen atoms in total. The zero-order chi connectivity index (χ0) is 16.2. The summed E-state index contributed by atoms with van der Waals surface area (Å²) in [5.41, 5.74) is 1.18. The quantitative estimate of drug-likeness (QED) is 0.900. The molecule has 0 unspecified atom stereocenters. The van der Waals surface area contributed by atoms with Gasteiger partial charge in [-0.2, -0.15) is 4.31 Å². The molecule has 0 spiro atoms. The first-order valence-corrected chi connectivity index (χ1v) is 9.25. The van der Waals surface area contributed by atoms with E-state index in [1.807, 2.05) is 30.3 Å². The minimum Gasteiger partial charge on any atom is -0.337 e. The second kappa shape index (κ2) is 7.11. The largest absolute Gasteiger partial charge is 0.337 e. The van der Waals surface area contributed by atoms with Crippen molar-refractivity contribution in [2.24, 2.45) is 0 Å². The molecule has 1 aliphatic heterocycles. The van der Waals surface area contributed by atoms with Crippen LogP contribution in [0.5, 0.6) is 0 Å². The van der Waals surface area contributed by atoms with Crippen molar-refractivity contribution in [1.82, 2.24) is 14.5 Å². The van der Waals surface area contributed by atoms with E-state index in [1.165, 1.54) is 16.1 Å². The van der Waals surface area contributed by atoms with E-state index >= 15 is 0 Å². The number of sulfonamides is 1. The highest BCUT2D eigenvalue weighted by atomic mass is 32.2. The van der Waals surface area contributed by atoms with E-state index in [-0.39, 0.29) is 11.9 Å². The summed E-state index contributed by atoms with van der Waals surface area (Å²) in [4.78, 5) is 13.8. The third kappa shape index (κ3) is 4.45. The fourth-order valence-electron chi connectivity index (χ4n) is 2.47. The van der Waals surface area contributed by atoms with Crippen molar-refractivity contribution in [3.63, 3.8) is 0 Å². The summed E-state index contributed by atoms with van der Waals surface area (Å²) in [6.07, 6.45) is 1.20. The van der Waals surface area contributed by atoms with Crippen LogP contribution in [0, 0.1) is 0 Å². The lowest BCUT2D eigenvalue weighted by Gasteiger charge is -2.33. The van der Waals surface area contributed by atoms with Gasteiger partial charge in [-0.1, -0.05) is 37.3 Å². The second-order valence-corrected chi connectivity index (χ2v) is 7.63. The smallest absolute Gasteiger partial charge is 0.317 e. The monoisotopic (exact) mass is 325 g/mol. The molecule has 1 aromatic rings. The van der Waals surface area contributed by atoms with Crippen molar-refractivity contribution in [1.29, 1.82) is 0 Å². The normalized spacial score (nSPS) is 18.0. The number of nitrogens with zero attached hydrogens (tertiary/aromatic N) is 2. The van der Waals surface area contributed by atoms with Crippen LogP contribution in [0.3, 0.4) is 0 Å². The number of benzene rings is 1. The Morgan fingerprint density at radius 3 is 2.32 bits per heavy atom. The van der Waals surface area contributed by atoms with Gasteiger partial charge in [0.15, 0.2) is 0 Å². The summed E-state index contributed by atoms with van der Waals surface area (Å²) in [5, 5.41) is 2.92. The van der Waals surface area contributed by atoms with Gasteiger partial charge in [0.1, 0.15) is 0 Å². The third-order valence-electron chi connectivity index (χ3n) is 3.92. The SMILES string of the molecule is C[C@H](CNC(=O)N1CCN(S(C)(=O)=O)CC1)c1ccccc1. The van der Waals surface area contributed by atoms with Crippen molar-refractivity contribution >= 4 is 16.1 Å². The summed E-state index contributed by atoms with van der Waals surface area (Å²) in [6.45, 7) is 4.21. The molecule has 0 bridgehead atoms. The van der Waals surface area contributed by atoms with Gasteiger partial charge in [-0.05, 0) is 11.5 Å². The number of amides is 2. The maximum atomic E-state index is 12.1. The summed E-state index contributed by atoms with van der Waals surface area (Å²) in [7, 11) is -3.16. The average Bonchev–Trinajstić information content (AvgIpc) is 2.52. The van der Waals surface area contributed by atoms with Crippen molar-refractivity contribution < 1.29 is 13.2 Å². The number of nitrogens with one attached hydrogen (secondary N) is 1. The second-order valence-electron chi connectivity index (χ2n) is 5.65. The molecule has 1 atom stereocenters. The van der Waals surface area contributed by atoms with Crippen LogP contribution in [-0.4, -0.2) is 62.6 Å². The molecule has 0 aromatic heterocycles. The average molecular weight is 325 g/mol. The first-order valence-electron chi connectivity index (χ1n) is 7.41. The number of hydrogen-bond donors (Lipinski definition) is 1. The molecule has 2 amide bonds. The van der Waals surface area contributed by atoms with Crippen molar-refractivity contribution in [2.75, 3.05) is 39.0 Å². The van der Waals surface area contributed by atoms with E-state index in [4.69, 9.17) is 0 Å². The number of rotatable bonds is 4. The van der Waals surface area contributed by atoms with Gasteiger partial charge in [0.25, 0.3) is 0 Å². The highest BCUT2D eigenvalue weighted by Crippen LogP contribution is 2.13. The summed E-state index contributed by atoms with van der Waals surface area (Å²) in [6, 6.07) is 9.89. The Bertz CT molecular complexity index is 596. The van der Waals surface area contributed by atoms with Crippen LogP contribution in [0.2, 0.25) is 0 Å². The Hall–Kier alpha value is -1.60. The lowest BCUT2D eigenvalue weighted by atomic mass is 10.0. The molecular weight excluding hydrogens is 302 g/mol. The predicted octanol–water partition coefficient (Wildman–Crippen LogP) is 1.08. The van der Waals surface area contributed by atoms with E-state index in [2.05, 4.69) is 12.2 Å². The van der Waals surface area contributed by atoms with Crippen LogP contribution in [0.1, 0.15) is 18.4 Å². The molecule has 1 heterocycles. The number of piperazine rings is 1. The predicted molar refractivity (Wildman–Crippen MR) is 86.2 cm³/mol. The van der Waals surface area contributed by atoms with Crippen LogP contribution >= 0.6 is 0 Å². The molecule has 0 radical (unpaired) electrons. The number of carbonyl (C=O) groups excluding carboxylic acids is 1. The molecule has 22 heavy (non-hydrogen) atoms. The van der Waals surface area contributed by atoms with Gasteiger partial charge in [0.2, 0.25) is 10.0 Å². The molecule has 1 saturated heterocycles. The lowest BCUT2D eigenvalue weighted by molar-refractivity contribution is 0.172. The van der Waals surface area contributed by atoms with Gasteiger partial charge in [0, 0.05) is 32.7 Å². The minimum absolute atomic E-state index is 0.129. The van der Waals surface area contributed by atoms with Crippen molar-refractivity contribution in [2.45, 2.75) is 12.8 Å². The molecule has 2 rings (SSSR count). The zero-order valence-corrected chi connectivity index (χ0v) is 13.8. The molecule has 1 N–H and O–H groups in total. The molecule has 7 heteroatoms. The topological polar surface area (TPSA) is 69.7 Å². The Kier molecular flexibility index (Phi) is 5.42. The fourth-order valence-corrected chi connectivity index (χ4v) is 3.30. The Labute approximate surface area is 132 Å². The minimum atomic E-state index is -3.16. The van der Waals surface area contributed by atoms with Crippen LogP contribution in [-0.2, 0) is 10.0 Å². The van der Waals surface area contributed by atoms with Gasteiger partial charge in [-0.25, -0.2) is 13.2 Å². The molecule has 0 saturated carbocycles. The highest BCUT2D eigenvalue weighted by Gasteiger charge is 2.25. The van der Waals surface area contributed by atoms with Crippen molar-refractivity contribution in [3.05, 3.63) is 35.9 Å². The van der Waals surface area contributed by atoms with Gasteiger partial charge >= 0.3 is 6.03 Å². The molecule has 1 aliphatic rings. The highest BCUT2D eigenvalue weighted by molar-refractivity contribution is 7.88. The third-order valence-corrected chi connectivity index (χ3v) is 5.23. The van der Waals surface area contributed by atoms with E-state index in [0.717, 1.165) is 0 Å². The van der Waals surface area contributed by atoms with Gasteiger partial charge in [-0.3, -0.25) is 0 Å². The van der Waals surface area contributed by atoms with E-state index in [1.54, 1.807) is 4.90 Å². The maximum Gasteiger partial charge on any atom is 0.317 e. The first-order chi connectivity index (χ1) is 10.4. The van der Waals surface area contributed by atoms with Gasteiger partial charge < -0.3 is 10.2 Å². The van der Waals surface area contributed by atoms with E-state index < -0.39 is 10.0 Å². The standard InChI is InChI=1S/C15H23N3O3S/c1-13(14-6-4-3-5-7-14)12-16-15(19)17-8-10-18(11-9-17)22(2,20)21/h3-7,13H,8-12H2,1-2H3,(H,16,19)/t13-/m1/s1. The van der Waals surface area contributed by atoms with Gasteiger partial charge in [0.05, 0.1) is 6.26 Å². The first kappa shape index (κ1) is 16.8. The zero-order valence-electron chi connectivity index (χ0n) is 13.0. The number of urea groups is 1. The summed E-state index contributed by atoms with van der Waals surface area (Å²) < 4.78 is 24.3. The Morgan fingerprint density at radius 1 is 1.18 bits per heavy atom. The summed E-state index contributed by atoms with van der Waals surface area (Å²) >= 11 is 0. The van der Waals surface area contributed by atoms with Crippen LogP contribution in [0.25, 0.3) is 0 Å². The van der Waals surface area contributed by atoms with Crippen LogP contribution in [0.4, 0.5) is 4.79 Å².